The van der Waals surface area contributed by atoms with E-state index >= 15 is 0 Å². The highest BCUT2D eigenvalue weighted by molar-refractivity contribution is 8.00. The molecule has 1 fully saturated rings. The molecule has 1 nitrogen and oxygen atoms in total. The van der Waals surface area contributed by atoms with Crippen molar-refractivity contribution in [2.24, 2.45) is 0 Å². The number of thioether (sulfide) groups is 1. The zero-order valence-corrected chi connectivity index (χ0v) is 10.9. The highest BCUT2D eigenvalue weighted by Crippen LogP contribution is 2.28. The number of carbonyl (C=O) groups is 1. The lowest BCUT2D eigenvalue weighted by Gasteiger charge is -2.20. The summed E-state index contributed by atoms with van der Waals surface area (Å²) >= 11 is 1.64. The second-order valence-electron chi connectivity index (χ2n) is 4.62. The first-order valence-electron chi connectivity index (χ1n) is 6.26. The average Bonchev–Trinajstić information content (AvgIpc) is 2.40. The van der Waals surface area contributed by atoms with Gasteiger partial charge in [-0.1, -0.05) is 19.3 Å². The van der Waals surface area contributed by atoms with Gasteiger partial charge in [-0.05, 0) is 31.0 Å². The molecule has 1 aliphatic carbocycles. The van der Waals surface area contributed by atoms with E-state index < -0.39 is 11.6 Å². The van der Waals surface area contributed by atoms with E-state index in [0.717, 1.165) is 25.0 Å². The third kappa shape index (κ3) is 3.55. The van der Waals surface area contributed by atoms with Crippen molar-refractivity contribution in [2.45, 2.75) is 37.4 Å². The number of rotatable bonds is 4. The van der Waals surface area contributed by atoms with E-state index in [4.69, 9.17) is 0 Å². The largest absolute Gasteiger partial charge is 0.293 e. The van der Waals surface area contributed by atoms with Gasteiger partial charge in [0.2, 0.25) is 0 Å². The molecule has 0 bridgehead atoms. The van der Waals surface area contributed by atoms with Crippen molar-refractivity contribution >= 4 is 17.5 Å². The highest BCUT2D eigenvalue weighted by Gasteiger charge is 2.16. The van der Waals surface area contributed by atoms with Gasteiger partial charge in [-0.15, -0.1) is 0 Å². The maximum absolute atomic E-state index is 13.0. The van der Waals surface area contributed by atoms with E-state index in [1.165, 1.54) is 25.3 Å². The molecule has 2 rings (SSSR count). The minimum absolute atomic E-state index is 0.121. The Morgan fingerprint density at radius 2 is 1.89 bits per heavy atom. The number of Topliss-reactive ketones (excluding diaryl/α,β-unsaturated/α-hetero) is 1. The molecule has 0 atom stereocenters. The number of ketones is 1. The van der Waals surface area contributed by atoms with Gasteiger partial charge in [0, 0.05) is 10.8 Å². The Balaban J connectivity index is 1.88. The topological polar surface area (TPSA) is 17.1 Å². The Kier molecular flexibility index (Phi) is 4.75. The summed E-state index contributed by atoms with van der Waals surface area (Å²) in [5.74, 6) is -1.63. The van der Waals surface area contributed by atoms with Crippen LogP contribution in [0.25, 0.3) is 0 Å². The summed E-state index contributed by atoms with van der Waals surface area (Å²) in [6, 6.07) is 3.34. The highest BCUT2D eigenvalue weighted by atomic mass is 32.2. The van der Waals surface area contributed by atoms with E-state index in [1.54, 1.807) is 11.8 Å². The molecule has 0 heterocycles. The van der Waals surface area contributed by atoms with E-state index in [2.05, 4.69) is 0 Å². The van der Waals surface area contributed by atoms with Gasteiger partial charge in [0.15, 0.2) is 17.4 Å². The van der Waals surface area contributed by atoms with Gasteiger partial charge in [0.1, 0.15) is 0 Å². The van der Waals surface area contributed by atoms with E-state index in [9.17, 15) is 13.6 Å². The molecule has 0 saturated heterocycles. The summed E-state index contributed by atoms with van der Waals surface area (Å²) in [6.07, 6.45) is 6.08. The molecule has 0 radical (unpaired) electrons. The Bertz CT molecular complexity index is 428. The Morgan fingerprint density at radius 1 is 1.17 bits per heavy atom. The lowest BCUT2D eigenvalue weighted by molar-refractivity contribution is 0.102. The van der Waals surface area contributed by atoms with Crippen molar-refractivity contribution in [2.75, 3.05) is 5.75 Å². The molecule has 4 heteroatoms. The zero-order valence-electron chi connectivity index (χ0n) is 10.1. The van der Waals surface area contributed by atoms with Crippen molar-refractivity contribution in [1.82, 2.24) is 0 Å². The first-order valence-corrected chi connectivity index (χ1v) is 7.31. The fraction of sp³-hybridized carbons (Fsp3) is 0.500. The van der Waals surface area contributed by atoms with Crippen LogP contribution in [0.5, 0.6) is 0 Å². The molecule has 18 heavy (non-hydrogen) atoms. The van der Waals surface area contributed by atoms with Gasteiger partial charge >= 0.3 is 0 Å². The van der Waals surface area contributed by atoms with Crippen LogP contribution in [0, 0.1) is 11.6 Å². The zero-order chi connectivity index (χ0) is 13.0. The summed E-state index contributed by atoms with van der Waals surface area (Å²) < 4.78 is 25.7. The second-order valence-corrected chi connectivity index (χ2v) is 5.91. The van der Waals surface area contributed by atoms with Crippen molar-refractivity contribution < 1.29 is 13.6 Å². The molecule has 98 valence electrons. The number of benzene rings is 1. The summed E-state index contributed by atoms with van der Waals surface area (Å²) in [5, 5.41) is 0.549. The second kappa shape index (κ2) is 6.32. The number of hydrogen-bond donors (Lipinski definition) is 0. The quantitative estimate of drug-likeness (QED) is 0.762. The molecule has 0 aliphatic heterocycles. The third-order valence-electron chi connectivity index (χ3n) is 3.24. The van der Waals surface area contributed by atoms with Gasteiger partial charge in [-0.3, -0.25) is 4.79 Å². The van der Waals surface area contributed by atoms with Crippen LogP contribution in [0.2, 0.25) is 0 Å². The normalized spacial score (nSPS) is 16.8. The molecule has 1 aliphatic rings. The van der Waals surface area contributed by atoms with Crippen LogP contribution >= 0.6 is 11.8 Å². The smallest absolute Gasteiger partial charge is 0.172 e. The van der Waals surface area contributed by atoms with Gasteiger partial charge in [0.05, 0.1) is 5.75 Å². The predicted molar refractivity (Wildman–Crippen MR) is 70.0 cm³/mol. The molecule has 0 N–H and O–H groups in total. The van der Waals surface area contributed by atoms with Crippen LogP contribution < -0.4 is 0 Å². The monoisotopic (exact) mass is 270 g/mol. The first-order chi connectivity index (χ1) is 8.66. The maximum Gasteiger partial charge on any atom is 0.172 e. The van der Waals surface area contributed by atoms with Gasteiger partial charge < -0.3 is 0 Å². The van der Waals surface area contributed by atoms with Crippen LogP contribution in [-0.4, -0.2) is 16.8 Å². The van der Waals surface area contributed by atoms with Crippen molar-refractivity contribution in [3.8, 4) is 0 Å². The van der Waals surface area contributed by atoms with Crippen LogP contribution in [0.1, 0.15) is 42.5 Å². The molecule has 0 unspecified atom stereocenters. The Hall–Kier alpha value is -0.900. The minimum Gasteiger partial charge on any atom is -0.293 e. The summed E-state index contributed by atoms with van der Waals surface area (Å²) in [5.41, 5.74) is 0.261. The van der Waals surface area contributed by atoms with Crippen molar-refractivity contribution in [3.05, 3.63) is 35.4 Å². The lowest BCUT2D eigenvalue weighted by atomic mass is 10.0. The lowest BCUT2D eigenvalue weighted by Crippen LogP contribution is -2.12. The molecule has 1 saturated carbocycles. The fourth-order valence-corrected chi connectivity index (χ4v) is 3.40. The Labute approximate surface area is 110 Å². The molecular weight excluding hydrogens is 254 g/mol. The Morgan fingerprint density at radius 3 is 2.56 bits per heavy atom. The molecule has 0 amide bonds. The molecule has 0 aromatic heterocycles. The maximum atomic E-state index is 13.0. The minimum atomic E-state index is -0.955. The van der Waals surface area contributed by atoms with Crippen molar-refractivity contribution in [3.63, 3.8) is 0 Å². The van der Waals surface area contributed by atoms with Crippen molar-refractivity contribution in [1.29, 1.82) is 0 Å². The van der Waals surface area contributed by atoms with E-state index in [-0.39, 0.29) is 11.3 Å². The third-order valence-corrected chi connectivity index (χ3v) is 4.62. The number of hydrogen-bond acceptors (Lipinski definition) is 2. The standard InChI is InChI=1S/C14H16F2OS/c15-12-7-6-10(8-13(12)16)14(17)9-18-11-4-2-1-3-5-11/h6-8,11H,1-5,9H2. The van der Waals surface area contributed by atoms with Gasteiger partial charge in [-0.2, -0.15) is 11.8 Å². The number of halogens is 2. The van der Waals surface area contributed by atoms with Crippen LogP contribution in [0.4, 0.5) is 8.78 Å². The molecular formula is C14H16F2OS. The fourth-order valence-electron chi connectivity index (χ4n) is 2.18. The molecule has 1 aromatic carbocycles. The van der Waals surface area contributed by atoms with Crippen LogP contribution in [0.15, 0.2) is 18.2 Å². The van der Waals surface area contributed by atoms with Gasteiger partial charge in [-0.25, -0.2) is 8.78 Å². The van der Waals surface area contributed by atoms with Crippen LogP contribution in [0.3, 0.4) is 0 Å². The van der Waals surface area contributed by atoms with Gasteiger partial charge in [0.25, 0.3) is 0 Å². The SMILES string of the molecule is O=C(CSC1CCCCC1)c1ccc(F)c(F)c1. The average molecular weight is 270 g/mol. The molecule has 1 aromatic rings. The van der Waals surface area contributed by atoms with Crippen LogP contribution in [-0.2, 0) is 0 Å². The predicted octanol–water partition coefficient (Wildman–Crippen LogP) is 4.21. The number of carbonyl (C=O) groups excluding carboxylic acids is 1. The summed E-state index contributed by atoms with van der Waals surface area (Å²) in [6.45, 7) is 0. The first kappa shape index (κ1) is 13.5. The summed E-state index contributed by atoms with van der Waals surface area (Å²) in [7, 11) is 0. The molecule has 0 spiro atoms. The van der Waals surface area contributed by atoms with E-state index in [0.29, 0.717) is 11.0 Å². The van der Waals surface area contributed by atoms with E-state index in [1.807, 2.05) is 0 Å². The summed E-state index contributed by atoms with van der Waals surface area (Å²) in [4.78, 5) is 11.8.